The van der Waals surface area contributed by atoms with E-state index >= 15 is 0 Å². The van der Waals surface area contributed by atoms with Crippen molar-refractivity contribution in [3.05, 3.63) is 36.4 Å². The van der Waals surface area contributed by atoms with Crippen molar-refractivity contribution >= 4 is 15.9 Å². The summed E-state index contributed by atoms with van der Waals surface area (Å²) in [5, 5.41) is 0. The van der Waals surface area contributed by atoms with Crippen LogP contribution in [0, 0.1) is 0 Å². The summed E-state index contributed by atoms with van der Waals surface area (Å²) in [6, 6.07) is 6.91. The van der Waals surface area contributed by atoms with E-state index in [0.717, 1.165) is 0 Å². The smallest absolute Gasteiger partial charge is 0.183 e. The number of sulfone groups is 1. The Balaban J connectivity index is 3.47. The van der Waals surface area contributed by atoms with Crippen LogP contribution in [0.2, 0.25) is 0 Å². The Morgan fingerprint density at radius 3 is 2.20 bits per heavy atom. The van der Waals surface area contributed by atoms with Gasteiger partial charge in [0.25, 0.3) is 0 Å². The van der Waals surface area contributed by atoms with Crippen LogP contribution in [0.25, 0.3) is 6.08 Å². The van der Waals surface area contributed by atoms with Crippen molar-refractivity contribution in [1.82, 2.24) is 0 Å². The van der Waals surface area contributed by atoms with Crippen LogP contribution in [0.5, 0.6) is 0 Å². The molecule has 0 N–H and O–H groups in total. The van der Waals surface area contributed by atoms with Crippen LogP contribution in [0.15, 0.2) is 35.7 Å². The van der Waals surface area contributed by atoms with Crippen molar-refractivity contribution in [3.8, 4) is 0 Å². The van der Waals surface area contributed by atoms with Crippen molar-refractivity contribution in [3.63, 3.8) is 0 Å². The van der Waals surface area contributed by atoms with Crippen molar-refractivity contribution in [2.24, 2.45) is 0 Å². The van der Waals surface area contributed by atoms with Crippen molar-refractivity contribution < 1.29 is 8.42 Å². The van der Waals surface area contributed by atoms with Gasteiger partial charge in [0.05, 0.1) is 9.64 Å². The Morgan fingerprint density at radius 2 is 1.73 bits per heavy atom. The molecule has 0 radical (unpaired) electrons. The Labute approximate surface area is 91.6 Å². The Hall–Kier alpha value is -1.09. The predicted octanol–water partition coefficient (Wildman–Crippen LogP) is 2.90. The van der Waals surface area contributed by atoms with Crippen molar-refractivity contribution in [1.29, 1.82) is 0 Å². The fraction of sp³-hybridized carbons (Fsp3) is 0.333. The molecule has 0 unspecified atom stereocenters. The number of hydrogen-bond donors (Lipinski definition) is 0. The third-order valence-corrected chi connectivity index (χ3v) is 4.80. The summed E-state index contributed by atoms with van der Waals surface area (Å²) in [6.07, 6.45) is 1.57. The summed E-state index contributed by atoms with van der Waals surface area (Å²) in [5.41, 5.74) is 0.660. The van der Waals surface area contributed by atoms with Gasteiger partial charge < -0.3 is 0 Å². The SMILES string of the molecule is C=Cc1ccccc1S(=O)(=O)C(C)(C)C. The lowest BCUT2D eigenvalue weighted by atomic mass is 10.2. The van der Waals surface area contributed by atoms with Gasteiger partial charge >= 0.3 is 0 Å². The summed E-state index contributed by atoms with van der Waals surface area (Å²) >= 11 is 0. The largest absolute Gasteiger partial charge is 0.223 e. The molecule has 0 aromatic heterocycles. The highest BCUT2D eigenvalue weighted by Gasteiger charge is 2.31. The molecule has 2 nitrogen and oxygen atoms in total. The highest BCUT2D eigenvalue weighted by Crippen LogP contribution is 2.27. The fourth-order valence-corrected chi connectivity index (χ4v) is 2.60. The molecule has 0 bridgehead atoms. The second-order valence-corrected chi connectivity index (χ2v) is 7.03. The van der Waals surface area contributed by atoms with E-state index in [2.05, 4.69) is 6.58 Å². The Kier molecular flexibility index (Phi) is 3.05. The maximum absolute atomic E-state index is 12.2. The number of benzene rings is 1. The molecule has 1 rings (SSSR count). The minimum Gasteiger partial charge on any atom is -0.223 e. The summed E-state index contributed by atoms with van der Waals surface area (Å²) in [5.74, 6) is 0. The molecule has 0 fully saturated rings. The average Bonchev–Trinajstić information content (AvgIpc) is 2.16. The first-order valence-electron chi connectivity index (χ1n) is 4.77. The van der Waals surface area contributed by atoms with Gasteiger partial charge in [-0.15, -0.1) is 0 Å². The van der Waals surface area contributed by atoms with Crippen LogP contribution >= 0.6 is 0 Å². The molecule has 15 heavy (non-hydrogen) atoms. The van der Waals surface area contributed by atoms with Gasteiger partial charge in [0.1, 0.15) is 0 Å². The molecule has 0 saturated carbocycles. The van der Waals surface area contributed by atoms with Gasteiger partial charge in [0.2, 0.25) is 0 Å². The lowest BCUT2D eigenvalue weighted by molar-refractivity contribution is 0.560. The van der Waals surface area contributed by atoms with E-state index in [-0.39, 0.29) is 0 Å². The Bertz CT molecular complexity index is 465. The van der Waals surface area contributed by atoms with Crippen LogP contribution in [0.4, 0.5) is 0 Å². The van der Waals surface area contributed by atoms with E-state index in [1.54, 1.807) is 51.1 Å². The van der Waals surface area contributed by atoms with Crippen LogP contribution < -0.4 is 0 Å². The molecule has 0 aliphatic heterocycles. The summed E-state index contributed by atoms with van der Waals surface area (Å²) in [6.45, 7) is 8.71. The predicted molar refractivity (Wildman–Crippen MR) is 63.5 cm³/mol. The van der Waals surface area contributed by atoms with Crippen LogP contribution in [0.3, 0.4) is 0 Å². The zero-order valence-electron chi connectivity index (χ0n) is 9.32. The van der Waals surface area contributed by atoms with Crippen LogP contribution in [-0.4, -0.2) is 13.2 Å². The van der Waals surface area contributed by atoms with Gasteiger partial charge in [-0.3, -0.25) is 0 Å². The first-order chi connectivity index (χ1) is 6.80. The topological polar surface area (TPSA) is 34.1 Å². The van der Waals surface area contributed by atoms with E-state index < -0.39 is 14.6 Å². The lowest BCUT2D eigenvalue weighted by Crippen LogP contribution is -2.28. The monoisotopic (exact) mass is 224 g/mol. The quantitative estimate of drug-likeness (QED) is 0.774. The van der Waals surface area contributed by atoms with Gasteiger partial charge in [-0.05, 0) is 32.4 Å². The molecule has 0 spiro atoms. The van der Waals surface area contributed by atoms with E-state index in [1.165, 1.54) is 0 Å². The van der Waals surface area contributed by atoms with Gasteiger partial charge in [-0.1, -0.05) is 30.9 Å². The molecule has 0 aliphatic carbocycles. The molecule has 1 aromatic rings. The van der Waals surface area contributed by atoms with Crippen molar-refractivity contribution in [2.75, 3.05) is 0 Å². The van der Waals surface area contributed by atoms with E-state index in [9.17, 15) is 8.42 Å². The van der Waals surface area contributed by atoms with Gasteiger partial charge in [-0.2, -0.15) is 0 Å². The fourth-order valence-electron chi connectivity index (χ4n) is 1.22. The molecule has 82 valence electrons. The molecule has 3 heteroatoms. The van der Waals surface area contributed by atoms with Crippen LogP contribution in [0.1, 0.15) is 26.3 Å². The van der Waals surface area contributed by atoms with Crippen LogP contribution in [-0.2, 0) is 9.84 Å². The number of hydrogen-bond acceptors (Lipinski definition) is 2. The third-order valence-electron chi connectivity index (χ3n) is 2.23. The zero-order valence-corrected chi connectivity index (χ0v) is 10.1. The van der Waals surface area contributed by atoms with E-state index in [0.29, 0.717) is 10.5 Å². The summed E-state index contributed by atoms with van der Waals surface area (Å²) < 4.78 is 23.6. The molecular formula is C12H16O2S. The zero-order chi connectivity index (χ0) is 11.7. The highest BCUT2D eigenvalue weighted by atomic mass is 32.2. The molecule has 0 amide bonds. The molecule has 0 aliphatic rings. The standard InChI is InChI=1S/C12H16O2S/c1-5-10-8-6-7-9-11(10)15(13,14)12(2,3)4/h5-9H,1H2,2-4H3. The maximum atomic E-state index is 12.2. The van der Waals surface area contributed by atoms with Gasteiger partial charge in [0.15, 0.2) is 9.84 Å². The maximum Gasteiger partial charge on any atom is 0.183 e. The lowest BCUT2D eigenvalue weighted by Gasteiger charge is -2.20. The minimum atomic E-state index is -3.29. The van der Waals surface area contributed by atoms with Gasteiger partial charge in [0, 0.05) is 0 Å². The highest BCUT2D eigenvalue weighted by molar-refractivity contribution is 7.92. The Morgan fingerprint density at radius 1 is 1.20 bits per heavy atom. The second kappa shape index (κ2) is 3.81. The molecule has 0 saturated heterocycles. The average molecular weight is 224 g/mol. The first-order valence-corrected chi connectivity index (χ1v) is 6.25. The minimum absolute atomic E-state index is 0.354. The second-order valence-electron chi connectivity index (χ2n) is 4.36. The van der Waals surface area contributed by atoms with Crippen molar-refractivity contribution in [2.45, 2.75) is 30.4 Å². The van der Waals surface area contributed by atoms with E-state index in [4.69, 9.17) is 0 Å². The van der Waals surface area contributed by atoms with E-state index in [1.807, 2.05) is 0 Å². The van der Waals surface area contributed by atoms with Gasteiger partial charge in [-0.25, -0.2) is 8.42 Å². The number of rotatable bonds is 2. The summed E-state index contributed by atoms with van der Waals surface area (Å²) in [4.78, 5) is 0.354. The first kappa shape index (κ1) is 12.0. The molecule has 0 atom stereocenters. The molecule has 0 heterocycles. The molecular weight excluding hydrogens is 208 g/mol. The summed E-state index contributed by atoms with van der Waals surface area (Å²) in [7, 11) is -3.29. The molecule has 1 aromatic carbocycles. The third kappa shape index (κ3) is 2.12. The normalized spacial score (nSPS) is 12.5.